The second-order valence-electron chi connectivity index (χ2n) is 2.97. The summed E-state index contributed by atoms with van der Waals surface area (Å²) in [5.74, 6) is 0.393. The summed E-state index contributed by atoms with van der Waals surface area (Å²) in [7, 11) is 0. The van der Waals surface area contributed by atoms with Crippen molar-refractivity contribution in [3.8, 4) is 11.9 Å². The number of hydrogen-bond donors (Lipinski definition) is 0. The molecule has 0 N–H and O–H groups in total. The number of nitrogens with zero attached hydrogens (tertiary/aromatic N) is 2. The van der Waals surface area contributed by atoms with E-state index in [0.29, 0.717) is 18.1 Å². The fourth-order valence-corrected chi connectivity index (χ4v) is 1.18. The summed E-state index contributed by atoms with van der Waals surface area (Å²) < 4.78 is 5.29. The highest BCUT2D eigenvalue weighted by molar-refractivity contribution is 5.45. The molecule has 0 aliphatic heterocycles. The molecule has 0 unspecified atom stereocenters. The normalized spacial score (nSPS) is 9.21. The Morgan fingerprint density at radius 3 is 2.93 bits per heavy atom. The lowest BCUT2D eigenvalue weighted by molar-refractivity contribution is 0.346. The van der Waals surface area contributed by atoms with E-state index in [1.54, 1.807) is 6.08 Å². The van der Waals surface area contributed by atoms with Crippen molar-refractivity contribution in [1.82, 2.24) is 4.98 Å². The van der Waals surface area contributed by atoms with Crippen LogP contribution in [0.1, 0.15) is 16.8 Å². The smallest absolute Gasteiger partial charge is 0.232 e. The summed E-state index contributed by atoms with van der Waals surface area (Å²) in [6.07, 6.45) is 1.63. The van der Waals surface area contributed by atoms with Crippen molar-refractivity contribution in [2.24, 2.45) is 0 Å². The van der Waals surface area contributed by atoms with Gasteiger partial charge >= 0.3 is 0 Å². The fraction of sp³-hybridized carbons (Fsp3) is 0.273. The predicted octanol–water partition coefficient (Wildman–Crippen LogP) is 2.13. The molecule has 1 aromatic heterocycles. The van der Waals surface area contributed by atoms with Gasteiger partial charge in [-0.2, -0.15) is 5.26 Å². The van der Waals surface area contributed by atoms with Crippen molar-refractivity contribution in [1.29, 1.82) is 5.26 Å². The molecule has 0 aliphatic rings. The van der Waals surface area contributed by atoms with E-state index in [4.69, 9.17) is 10.00 Å². The van der Waals surface area contributed by atoms with E-state index in [-0.39, 0.29) is 0 Å². The number of ether oxygens (including phenoxy) is 1. The lowest BCUT2D eigenvalue weighted by atomic mass is 10.1. The number of aryl methyl sites for hydroxylation is 2. The minimum absolute atomic E-state index is 0.366. The monoisotopic (exact) mass is 188 g/mol. The molecule has 3 nitrogen and oxygen atoms in total. The number of rotatable bonds is 3. The van der Waals surface area contributed by atoms with Crippen LogP contribution in [0.5, 0.6) is 5.88 Å². The van der Waals surface area contributed by atoms with Crippen molar-refractivity contribution in [2.45, 2.75) is 13.8 Å². The summed E-state index contributed by atoms with van der Waals surface area (Å²) >= 11 is 0. The second-order valence-corrected chi connectivity index (χ2v) is 2.97. The zero-order chi connectivity index (χ0) is 10.6. The van der Waals surface area contributed by atoms with Gasteiger partial charge in [-0.1, -0.05) is 12.7 Å². The maximum atomic E-state index is 8.89. The van der Waals surface area contributed by atoms with Gasteiger partial charge in [0.15, 0.2) is 0 Å². The molecule has 0 spiro atoms. The van der Waals surface area contributed by atoms with E-state index in [1.807, 2.05) is 19.9 Å². The zero-order valence-corrected chi connectivity index (χ0v) is 8.37. The van der Waals surface area contributed by atoms with Gasteiger partial charge in [0, 0.05) is 5.69 Å². The molecule has 0 amide bonds. The Bertz CT molecular complexity index is 391. The third-order valence-electron chi connectivity index (χ3n) is 1.76. The second kappa shape index (κ2) is 4.43. The summed E-state index contributed by atoms with van der Waals surface area (Å²) in [4.78, 5) is 4.15. The van der Waals surface area contributed by atoms with Crippen LogP contribution in [-0.4, -0.2) is 11.6 Å². The minimum Gasteiger partial charge on any atom is -0.472 e. The number of hydrogen-bond acceptors (Lipinski definition) is 3. The van der Waals surface area contributed by atoms with Gasteiger partial charge < -0.3 is 4.74 Å². The van der Waals surface area contributed by atoms with E-state index in [2.05, 4.69) is 17.6 Å². The lowest BCUT2D eigenvalue weighted by Gasteiger charge is -2.07. The molecule has 0 aromatic carbocycles. The Hall–Kier alpha value is -1.82. The van der Waals surface area contributed by atoms with Crippen LogP contribution in [-0.2, 0) is 0 Å². The molecule has 14 heavy (non-hydrogen) atoms. The first kappa shape index (κ1) is 10.3. The van der Waals surface area contributed by atoms with Crippen LogP contribution in [0.3, 0.4) is 0 Å². The summed E-state index contributed by atoms with van der Waals surface area (Å²) in [6.45, 7) is 7.65. The Kier molecular flexibility index (Phi) is 3.24. The molecule has 1 aromatic rings. The van der Waals surface area contributed by atoms with E-state index >= 15 is 0 Å². The van der Waals surface area contributed by atoms with Crippen LogP contribution in [0, 0.1) is 25.2 Å². The summed E-state index contributed by atoms with van der Waals surface area (Å²) in [5, 5.41) is 8.89. The first-order valence-corrected chi connectivity index (χ1v) is 4.31. The van der Waals surface area contributed by atoms with E-state index in [0.717, 1.165) is 11.3 Å². The third kappa shape index (κ3) is 2.11. The Morgan fingerprint density at radius 1 is 1.64 bits per heavy atom. The highest BCUT2D eigenvalue weighted by Crippen LogP contribution is 2.19. The maximum Gasteiger partial charge on any atom is 0.232 e. The van der Waals surface area contributed by atoms with Crippen molar-refractivity contribution in [2.75, 3.05) is 6.61 Å². The molecule has 0 atom stereocenters. The number of aromatic nitrogens is 1. The third-order valence-corrected chi connectivity index (χ3v) is 1.76. The standard InChI is InChI=1S/C11H12N2O/c1-4-5-14-11-10(7-12)8(2)6-9(3)13-11/h4,6H,1,5H2,2-3H3. The molecule has 0 aliphatic carbocycles. The Morgan fingerprint density at radius 2 is 2.36 bits per heavy atom. The molecule has 0 fully saturated rings. The van der Waals surface area contributed by atoms with Crippen LogP contribution < -0.4 is 4.74 Å². The van der Waals surface area contributed by atoms with Gasteiger partial charge in [0.2, 0.25) is 5.88 Å². The first-order chi connectivity index (χ1) is 6.69. The van der Waals surface area contributed by atoms with Crippen molar-refractivity contribution >= 4 is 0 Å². The largest absolute Gasteiger partial charge is 0.472 e. The topological polar surface area (TPSA) is 45.9 Å². The predicted molar refractivity (Wildman–Crippen MR) is 54.1 cm³/mol. The van der Waals surface area contributed by atoms with E-state index in [1.165, 1.54) is 0 Å². The molecule has 0 saturated carbocycles. The molecule has 0 bridgehead atoms. The quantitative estimate of drug-likeness (QED) is 0.682. The molecular weight excluding hydrogens is 176 g/mol. The van der Waals surface area contributed by atoms with Crippen molar-refractivity contribution in [3.63, 3.8) is 0 Å². The van der Waals surface area contributed by atoms with Gasteiger partial charge in [-0.3, -0.25) is 0 Å². The van der Waals surface area contributed by atoms with Gasteiger partial charge in [0.25, 0.3) is 0 Å². The van der Waals surface area contributed by atoms with Gasteiger partial charge in [-0.15, -0.1) is 0 Å². The van der Waals surface area contributed by atoms with Crippen LogP contribution in [0.15, 0.2) is 18.7 Å². The molecule has 0 saturated heterocycles. The molecule has 0 radical (unpaired) electrons. The lowest BCUT2D eigenvalue weighted by Crippen LogP contribution is -2.01. The van der Waals surface area contributed by atoms with Crippen LogP contribution in [0.4, 0.5) is 0 Å². The van der Waals surface area contributed by atoms with Crippen LogP contribution in [0.25, 0.3) is 0 Å². The van der Waals surface area contributed by atoms with Crippen LogP contribution in [0.2, 0.25) is 0 Å². The highest BCUT2D eigenvalue weighted by Gasteiger charge is 2.08. The highest BCUT2D eigenvalue weighted by atomic mass is 16.5. The molecule has 3 heteroatoms. The van der Waals surface area contributed by atoms with Crippen molar-refractivity contribution in [3.05, 3.63) is 35.5 Å². The number of pyridine rings is 1. The zero-order valence-electron chi connectivity index (χ0n) is 8.37. The number of nitriles is 1. The maximum absolute atomic E-state index is 8.89. The first-order valence-electron chi connectivity index (χ1n) is 4.31. The Labute approximate surface area is 83.7 Å². The minimum atomic E-state index is 0.366. The van der Waals surface area contributed by atoms with E-state index < -0.39 is 0 Å². The van der Waals surface area contributed by atoms with Gasteiger partial charge in [0.1, 0.15) is 18.2 Å². The van der Waals surface area contributed by atoms with Gasteiger partial charge in [-0.25, -0.2) is 4.98 Å². The average molecular weight is 188 g/mol. The fourth-order valence-electron chi connectivity index (χ4n) is 1.18. The van der Waals surface area contributed by atoms with Gasteiger partial charge in [0.05, 0.1) is 0 Å². The Balaban J connectivity index is 3.12. The SMILES string of the molecule is C=CCOc1nc(C)cc(C)c1C#N. The summed E-state index contributed by atoms with van der Waals surface area (Å²) in [6, 6.07) is 3.94. The average Bonchev–Trinajstić information content (AvgIpc) is 2.14. The molecule has 1 heterocycles. The van der Waals surface area contributed by atoms with E-state index in [9.17, 15) is 0 Å². The van der Waals surface area contributed by atoms with Gasteiger partial charge in [-0.05, 0) is 25.5 Å². The molecule has 72 valence electrons. The van der Waals surface area contributed by atoms with Crippen molar-refractivity contribution < 1.29 is 4.74 Å². The summed E-state index contributed by atoms with van der Waals surface area (Å²) in [5.41, 5.74) is 2.23. The van der Waals surface area contributed by atoms with Crippen LogP contribution >= 0.6 is 0 Å². The molecular formula is C11H12N2O. The molecule has 1 rings (SSSR count).